The maximum atomic E-state index is 12.3. The maximum Gasteiger partial charge on any atom is 0.436 e. The van der Waals surface area contributed by atoms with Gasteiger partial charge in [-0.25, -0.2) is 4.39 Å². The van der Waals surface area contributed by atoms with Crippen molar-refractivity contribution in [3.05, 3.63) is 0 Å². The first-order valence-electron chi connectivity index (χ1n) is 2.54. The van der Waals surface area contributed by atoms with Crippen molar-refractivity contribution in [1.29, 1.82) is 5.26 Å². The minimum Gasteiger partial charge on any atom is -0.217 e. The van der Waals surface area contributed by atoms with Crippen molar-refractivity contribution < 1.29 is 17.6 Å². The van der Waals surface area contributed by atoms with Crippen LogP contribution in [0.4, 0.5) is 17.6 Å². The molecule has 10 heavy (non-hydrogen) atoms. The molecule has 0 aromatic rings. The van der Waals surface area contributed by atoms with E-state index in [1.165, 1.54) is 0 Å². The van der Waals surface area contributed by atoms with Crippen LogP contribution in [0.3, 0.4) is 0 Å². The molecule has 0 aliphatic heterocycles. The summed E-state index contributed by atoms with van der Waals surface area (Å²) in [4.78, 5) is 0. The number of hydrogen-bond donors (Lipinski definition) is 0. The van der Waals surface area contributed by atoms with E-state index >= 15 is 0 Å². The van der Waals surface area contributed by atoms with Gasteiger partial charge in [0.2, 0.25) is 0 Å². The lowest BCUT2D eigenvalue weighted by molar-refractivity contribution is -0.209. The van der Waals surface area contributed by atoms with Crippen LogP contribution in [-0.4, -0.2) is 11.8 Å². The molecule has 0 aliphatic carbocycles. The van der Waals surface area contributed by atoms with Crippen molar-refractivity contribution in [3.8, 4) is 6.07 Å². The number of halogens is 4. The lowest BCUT2D eigenvalue weighted by Gasteiger charge is -2.17. The lowest BCUT2D eigenvalue weighted by atomic mass is 10.1. The monoisotopic (exact) mass is 155 g/mol. The average Bonchev–Trinajstić information content (AvgIpc) is 1.84. The fourth-order valence-electron chi connectivity index (χ4n) is 0.343. The van der Waals surface area contributed by atoms with E-state index in [9.17, 15) is 17.6 Å². The molecule has 5 heteroatoms. The molecule has 0 saturated carbocycles. The third-order valence-corrected chi connectivity index (χ3v) is 1.11. The second kappa shape index (κ2) is 2.45. The van der Waals surface area contributed by atoms with Gasteiger partial charge in [-0.1, -0.05) is 6.92 Å². The number of hydrogen-bond acceptors (Lipinski definition) is 1. The van der Waals surface area contributed by atoms with Crippen LogP contribution in [0.15, 0.2) is 0 Å². The van der Waals surface area contributed by atoms with Gasteiger partial charge in [-0.15, -0.1) is 0 Å². The largest absolute Gasteiger partial charge is 0.436 e. The zero-order valence-electron chi connectivity index (χ0n) is 5.17. The number of nitrogens with zero attached hydrogens (tertiary/aromatic N) is 1. The Labute approximate surface area is 55.3 Å². The SMILES string of the molecule is CCC(F)(C#N)C(F)(F)F. The van der Waals surface area contributed by atoms with E-state index < -0.39 is 18.3 Å². The predicted octanol–water partition coefficient (Wildman–Crippen LogP) is 2.19. The summed E-state index contributed by atoms with van der Waals surface area (Å²) in [6.07, 6.45) is -5.94. The first-order chi connectivity index (χ1) is 4.37. The van der Waals surface area contributed by atoms with Crippen LogP contribution in [0, 0.1) is 11.3 Å². The minimum absolute atomic E-state index is 0.576. The highest BCUT2D eigenvalue weighted by atomic mass is 19.4. The Hall–Kier alpha value is -0.790. The van der Waals surface area contributed by atoms with Crippen molar-refractivity contribution in [3.63, 3.8) is 0 Å². The van der Waals surface area contributed by atoms with Gasteiger partial charge in [0, 0.05) is 6.42 Å². The molecular formula is C5H5F4N. The van der Waals surface area contributed by atoms with E-state index in [-0.39, 0.29) is 0 Å². The molecule has 58 valence electrons. The molecule has 0 N–H and O–H groups in total. The van der Waals surface area contributed by atoms with Gasteiger partial charge in [0.15, 0.2) is 0 Å². The summed E-state index contributed by atoms with van der Waals surface area (Å²) in [6.45, 7) is 0.969. The van der Waals surface area contributed by atoms with Gasteiger partial charge >= 0.3 is 6.18 Å². The molecule has 0 saturated heterocycles. The Morgan fingerprint density at radius 3 is 1.70 bits per heavy atom. The zero-order valence-corrected chi connectivity index (χ0v) is 5.17. The van der Waals surface area contributed by atoms with Crippen molar-refractivity contribution in [2.24, 2.45) is 0 Å². The first kappa shape index (κ1) is 9.21. The summed E-state index contributed by atoms with van der Waals surface area (Å²) >= 11 is 0. The summed E-state index contributed by atoms with van der Waals surface area (Å²) in [5.41, 5.74) is -3.67. The van der Waals surface area contributed by atoms with E-state index in [2.05, 4.69) is 0 Å². The molecular weight excluding hydrogens is 150 g/mol. The molecule has 0 amide bonds. The van der Waals surface area contributed by atoms with Gasteiger partial charge < -0.3 is 0 Å². The highest BCUT2D eigenvalue weighted by molar-refractivity contribution is 5.05. The molecule has 0 aromatic carbocycles. The number of rotatable bonds is 1. The molecule has 0 rings (SSSR count). The van der Waals surface area contributed by atoms with Crippen LogP contribution >= 0.6 is 0 Å². The van der Waals surface area contributed by atoms with E-state index in [1.807, 2.05) is 0 Å². The van der Waals surface area contributed by atoms with Gasteiger partial charge in [-0.3, -0.25) is 0 Å². The van der Waals surface area contributed by atoms with Gasteiger partial charge in [-0.05, 0) is 0 Å². The molecule has 0 aliphatic rings. The Morgan fingerprint density at radius 1 is 1.30 bits per heavy atom. The third kappa shape index (κ3) is 1.38. The quantitative estimate of drug-likeness (QED) is 0.532. The van der Waals surface area contributed by atoms with E-state index in [1.54, 1.807) is 0 Å². The summed E-state index contributed by atoms with van der Waals surface area (Å²) in [6, 6.07) is 0.576. The smallest absolute Gasteiger partial charge is 0.217 e. The van der Waals surface area contributed by atoms with Crippen LogP contribution < -0.4 is 0 Å². The molecule has 0 heterocycles. The predicted molar refractivity (Wildman–Crippen MR) is 25.8 cm³/mol. The van der Waals surface area contributed by atoms with Crippen molar-refractivity contribution in [1.82, 2.24) is 0 Å². The number of nitriles is 1. The molecule has 0 fully saturated rings. The Balaban J connectivity index is 4.54. The first-order valence-corrected chi connectivity index (χ1v) is 2.54. The average molecular weight is 155 g/mol. The standard InChI is InChI=1S/C5H5F4N/c1-2-4(6,3-10)5(7,8)9/h2H2,1H3. The molecule has 0 bridgehead atoms. The molecule has 1 unspecified atom stereocenters. The normalized spacial score (nSPS) is 17.6. The van der Waals surface area contributed by atoms with E-state index in [0.29, 0.717) is 6.07 Å². The second-order valence-electron chi connectivity index (χ2n) is 1.76. The Bertz CT molecular complexity index is 156. The van der Waals surface area contributed by atoms with Crippen LogP contribution in [0.25, 0.3) is 0 Å². The molecule has 0 radical (unpaired) electrons. The summed E-state index contributed by atoms with van der Waals surface area (Å²) in [5, 5.41) is 7.78. The second-order valence-corrected chi connectivity index (χ2v) is 1.76. The van der Waals surface area contributed by atoms with Crippen LogP contribution in [0.1, 0.15) is 13.3 Å². The van der Waals surface area contributed by atoms with Crippen LogP contribution in [0.2, 0.25) is 0 Å². The van der Waals surface area contributed by atoms with Gasteiger partial charge in [-0.2, -0.15) is 18.4 Å². The topological polar surface area (TPSA) is 23.8 Å². The Morgan fingerprint density at radius 2 is 1.70 bits per heavy atom. The maximum absolute atomic E-state index is 12.3. The van der Waals surface area contributed by atoms with Crippen molar-refractivity contribution in [2.75, 3.05) is 0 Å². The molecule has 0 aromatic heterocycles. The van der Waals surface area contributed by atoms with Gasteiger partial charge in [0.05, 0.1) is 0 Å². The minimum atomic E-state index is -5.07. The molecule has 1 nitrogen and oxygen atoms in total. The zero-order chi connectivity index (χ0) is 8.41. The van der Waals surface area contributed by atoms with Gasteiger partial charge in [0.25, 0.3) is 5.67 Å². The van der Waals surface area contributed by atoms with Crippen molar-refractivity contribution >= 4 is 0 Å². The lowest BCUT2D eigenvalue weighted by Crippen LogP contribution is -2.38. The van der Waals surface area contributed by atoms with E-state index in [0.717, 1.165) is 6.92 Å². The van der Waals surface area contributed by atoms with E-state index in [4.69, 9.17) is 5.26 Å². The number of alkyl halides is 4. The Kier molecular flexibility index (Phi) is 2.25. The fourth-order valence-corrected chi connectivity index (χ4v) is 0.343. The van der Waals surface area contributed by atoms with Crippen molar-refractivity contribution in [2.45, 2.75) is 25.2 Å². The summed E-state index contributed by atoms with van der Waals surface area (Å²) in [7, 11) is 0. The highest BCUT2D eigenvalue weighted by Crippen LogP contribution is 2.35. The molecule has 1 atom stereocenters. The summed E-state index contributed by atoms with van der Waals surface area (Å²) in [5.74, 6) is 0. The summed E-state index contributed by atoms with van der Waals surface area (Å²) < 4.78 is 46.8. The van der Waals surface area contributed by atoms with Crippen LogP contribution in [-0.2, 0) is 0 Å². The highest BCUT2D eigenvalue weighted by Gasteiger charge is 2.55. The van der Waals surface area contributed by atoms with Crippen LogP contribution in [0.5, 0.6) is 0 Å². The molecule has 0 spiro atoms. The van der Waals surface area contributed by atoms with Gasteiger partial charge in [0.1, 0.15) is 6.07 Å². The third-order valence-electron chi connectivity index (χ3n) is 1.11. The fraction of sp³-hybridized carbons (Fsp3) is 0.800.